The Bertz CT molecular complexity index is 539. The number of carboxylic acid groups (broad SMARTS) is 1. The lowest BCUT2D eigenvalue weighted by molar-refractivity contribution is -0.112. The molecule has 6 heteroatoms. The zero-order valence-corrected chi connectivity index (χ0v) is 12.3. The van der Waals surface area contributed by atoms with Crippen LogP contribution >= 0.6 is 11.6 Å². The second-order valence-electron chi connectivity index (χ2n) is 5.48. The van der Waals surface area contributed by atoms with Crippen LogP contribution in [-0.2, 0) is 9.47 Å². The van der Waals surface area contributed by atoms with Crippen molar-refractivity contribution < 1.29 is 24.1 Å². The van der Waals surface area contributed by atoms with Crippen LogP contribution in [0.5, 0.6) is 5.75 Å². The Morgan fingerprint density at radius 2 is 2.29 bits per heavy atom. The van der Waals surface area contributed by atoms with Crippen LogP contribution < -0.4 is 4.74 Å². The van der Waals surface area contributed by atoms with Gasteiger partial charge in [0.15, 0.2) is 0 Å². The van der Waals surface area contributed by atoms with Gasteiger partial charge in [-0.3, -0.25) is 0 Å². The van der Waals surface area contributed by atoms with Gasteiger partial charge in [0, 0.05) is 25.9 Å². The van der Waals surface area contributed by atoms with Crippen LogP contribution in [0.2, 0.25) is 5.02 Å². The van der Waals surface area contributed by atoms with E-state index in [1.54, 1.807) is 18.2 Å². The summed E-state index contributed by atoms with van der Waals surface area (Å²) in [6.07, 6.45) is 2.21. The SMILES string of the molecule is O=C(O)c1c(Cl)cccc1OC1CCOC2(CCOC2)C1. The van der Waals surface area contributed by atoms with E-state index in [1.807, 2.05) is 0 Å². The molecule has 1 aromatic carbocycles. The summed E-state index contributed by atoms with van der Waals surface area (Å²) in [5, 5.41) is 9.46. The Morgan fingerprint density at radius 3 is 3.00 bits per heavy atom. The molecule has 0 aromatic heterocycles. The minimum absolute atomic E-state index is 0.0161. The summed E-state index contributed by atoms with van der Waals surface area (Å²) in [5.41, 5.74) is -0.257. The molecule has 2 fully saturated rings. The van der Waals surface area contributed by atoms with Gasteiger partial charge in [0.1, 0.15) is 17.4 Å². The number of ether oxygens (including phenoxy) is 3. The highest BCUT2D eigenvalue weighted by Gasteiger charge is 2.42. The van der Waals surface area contributed by atoms with Gasteiger partial charge in [-0.25, -0.2) is 4.79 Å². The van der Waals surface area contributed by atoms with E-state index in [-0.39, 0.29) is 22.3 Å². The second-order valence-corrected chi connectivity index (χ2v) is 5.89. The lowest BCUT2D eigenvalue weighted by atomic mass is 9.91. The van der Waals surface area contributed by atoms with Crippen LogP contribution in [0, 0.1) is 0 Å². The Kier molecular flexibility index (Phi) is 4.06. The molecule has 2 atom stereocenters. The lowest BCUT2D eigenvalue weighted by Gasteiger charge is -2.37. The van der Waals surface area contributed by atoms with Gasteiger partial charge in [-0.05, 0) is 12.1 Å². The van der Waals surface area contributed by atoms with Gasteiger partial charge in [-0.15, -0.1) is 0 Å². The van der Waals surface area contributed by atoms with Crippen LogP contribution in [-0.4, -0.2) is 42.6 Å². The summed E-state index contributed by atoms with van der Waals surface area (Å²) >= 11 is 5.96. The van der Waals surface area contributed by atoms with Crippen molar-refractivity contribution >= 4 is 17.6 Å². The Morgan fingerprint density at radius 1 is 1.43 bits per heavy atom. The molecule has 21 heavy (non-hydrogen) atoms. The molecular formula is C15H17ClO5. The summed E-state index contributed by atoms with van der Waals surface area (Å²) < 4.78 is 17.2. The number of carbonyl (C=O) groups is 1. The number of benzene rings is 1. The van der Waals surface area contributed by atoms with Gasteiger partial charge in [0.25, 0.3) is 0 Å². The lowest BCUT2D eigenvalue weighted by Crippen LogP contribution is -2.44. The highest BCUT2D eigenvalue weighted by molar-refractivity contribution is 6.33. The molecule has 114 valence electrons. The van der Waals surface area contributed by atoms with Crippen molar-refractivity contribution in [1.29, 1.82) is 0 Å². The standard InChI is InChI=1S/C15H17ClO5/c16-11-2-1-3-12(13(11)14(17)18)21-10-4-6-20-15(8-10)5-7-19-9-15/h1-3,10H,4-9H2,(H,17,18). The normalized spacial score (nSPS) is 28.7. The maximum atomic E-state index is 11.3. The molecule has 5 nitrogen and oxygen atoms in total. The predicted octanol–water partition coefficient (Wildman–Crippen LogP) is 2.76. The van der Waals surface area contributed by atoms with Gasteiger partial charge in [-0.1, -0.05) is 17.7 Å². The third-order valence-electron chi connectivity index (χ3n) is 4.00. The summed E-state index contributed by atoms with van der Waals surface area (Å²) in [6.45, 7) is 1.87. The summed E-state index contributed by atoms with van der Waals surface area (Å²) in [7, 11) is 0. The maximum Gasteiger partial charge on any atom is 0.341 e. The van der Waals surface area contributed by atoms with Gasteiger partial charge in [0.05, 0.1) is 23.8 Å². The molecule has 2 saturated heterocycles. The van der Waals surface area contributed by atoms with E-state index >= 15 is 0 Å². The van der Waals surface area contributed by atoms with E-state index in [9.17, 15) is 9.90 Å². The summed E-state index contributed by atoms with van der Waals surface area (Å²) in [4.78, 5) is 11.3. The molecule has 1 aromatic rings. The number of hydrogen-bond acceptors (Lipinski definition) is 4. The number of hydrogen-bond donors (Lipinski definition) is 1. The first kappa shape index (κ1) is 14.6. The molecule has 0 radical (unpaired) electrons. The molecule has 0 saturated carbocycles. The monoisotopic (exact) mass is 312 g/mol. The largest absolute Gasteiger partial charge is 0.489 e. The average molecular weight is 313 g/mol. The third kappa shape index (κ3) is 3.00. The number of carboxylic acids is 1. The van der Waals surface area contributed by atoms with E-state index in [4.69, 9.17) is 25.8 Å². The molecule has 0 amide bonds. The van der Waals surface area contributed by atoms with Crippen LogP contribution in [0.25, 0.3) is 0 Å². The first-order valence-corrected chi connectivity index (χ1v) is 7.38. The van der Waals surface area contributed by atoms with Crippen LogP contribution in [0.15, 0.2) is 18.2 Å². The van der Waals surface area contributed by atoms with Crippen LogP contribution in [0.1, 0.15) is 29.6 Å². The van der Waals surface area contributed by atoms with Crippen molar-refractivity contribution in [1.82, 2.24) is 0 Å². The smallest absolute Gasteiger partial charge is 0.341 e. The minimum atomic E-state index is -1.08. The summed E-state index contributed by atoms with van der Waals surface area (Å²) in [6, 6.07) is 4.88. The van der Waals surface area contributed by atoms with Crippen molar-refractivity contribution in [3.8, 4) is 5.75 Å². The molecule has 0 aliphatic carbocycles. The number of rotatable bonds is 3. The third-order valence-corrected chi connectivity index (χ3v) is 4.31. The molecule has 2 heterocycles. The highest BCUT2D eigenvalue weighted by Crippen LogP contribution is 2.36. The zero-order chi connectivity index (χ0) is 14.9. The Balaban J connectivity index is 1.77. The fourth-order valence-electron chi connectivity index (χ4n) is 2.94. The van der Waals surface area contributed by atoms with E-state index in [1.165, 1.54) is 0 Å². The molecule has 2 aliphatic rings. The number of halogens is 1. The topological polar surface area (TPSA) is 65.0 Å². The fourth-order valence-corrected chi connectivity index (χ4v) is 3.18. The van der Waals surface area contributed by atoms with Crippen LogP contribution in [0.4, 0.5) is 0 Å². The van der Waals surface area contributed by atoms with E-state index in [2.05, 4.69) is 0 Å². The highest BCUT2D eigenvalue weighted by atomic mass is 35.5. The van der Waals surface area contributed by atoms with Gasteiger partial charge in [0.2, 0.25) is 0 Å². The average Bonchev–Trinajstić information content (AvgIpc) is 2.86. The quantitative estimate of drug-likeness (QED) is 0.929. The van der Waals surface area contributed by atoms with Gasteiger partial charge < -0.3 is 19.3 Å². The fraction of sp³-hybridized carbons (Fsp3) is 0.533. The van der Waals surface area contributed by atoms with Crippen molar-refractivity contribution in [2.75, 3.05) is 19.8 Å². The maximum absolute atomic E-state index is 11.3. The molecule has 2 aliphatic heterocycles. The first-order chi connectivity index (χ1) is 10.1. The van der Waals surface area contributed by atoms with Crippen molar-refractivity contribution in [3.63, 3.8) is 0 Å². The second kappa shape index (κ2) is 5.83. The van der Waals surface area contributed by atoms with E-state index < -0.39 is 5.97 Å². The van der Waals surface area contributed by atoms with E-state index in [0.29, 0.717) is 32.0 Å². The van der Waals surface area contributed by atoms with Crippen LogP contribution in [0.3, 0.4) is 0 Å². The van der Waals surface area contributed by atoms with Gasteiger partial charge in [-0.2, -0.15) is 0 Å². The van der Waals surface area contributed by atoms with Crippen molar-refractivity contribution in [2.24, 2.45) is 0 Å². The first-order valence-electron chi connectivity index (χ1n) is 7.00. The molecule has 2 unspecified atom stereocenters. The summed E-state index contributed by atoms with van der Waals surface area (Å²) in [5.74, 6) is -0.766. The zero-order valence-electron chi connectivity index (χ0n) is 11.5. The van der Waals surface area contributed by atoms with Crippen molar-refractivity contribution in [3.05, 3.63) is 28.8 Å². The molecular weight excluding hydrogens is 296 g/mol. The molecule has 3 rings (SSSR count). The Labute approximate surface area is 127 Å². The van der Waals surface area contributed by atoms with E-state index in [0.717, 1.165) is 12.8 Å². The number of aromatic carboxylic acids is 1. The molecule has 0 bridgehead atoms. The molecule has 1 N–H and O–H groups in total. The Hall–Kier alpha value is -1.30. The van der Waals surface area contributed by atoms with Crippen molar-refractivity contribution in [2.45, 2.75) is 31.0 Å². The minimum Gasteiger partial charge on any atom is -0.489 e. The molecule has 1 spiro atoms. The van der Waals surface area contributed by atoms with Gasteiger partial charge >= 0.3 is 5.97 Å². The predicted molar refractivity (Wildman–Crippen MR) is 76.2 cm³/mol.